The van der Waals surface area contributed by atoms with Crippen LogP contribution in [0.3, 0.4) is 0 Å². The van der Waals surface area contributed by atoms with E-state index in [1.807, 2.05) is 59.1 Å². The predicted octanol–water partition coefficient (Wildman–Crippen LogP) is 5.14. The van der Waals surface area contributed by atoms with Gasteiger partial charge in [0.1, 0.15) is 0 Å². The third-order valence-electron chi connectivity index (χ3n) is 5.47. The summed E-state index contributed by atoms with van der Waals surface area (Å²) in [6.45, 7) is 1.10. The number of halogens is 2. The molecule has 7 heteroatoms. The van der Waals surface area contributed by atoms with E-state index in [1.165, 1.54) is 0 Å². The van der Waals surface area contributed by atoms with E-state index in [0.717, 1.165) is 39.8 Å². The number of hydrogen-bond donors (Lipinski definition) is 0. The van der Waals surface area contributed by atoms with Crippen LogP contribution in [0.1, 0.15) is 21.6 Å². The summed E-state index contributed by atoms with van der Waals surface area (Å²) in [6, 6.07) is 15.0. The first-order valence-corrected chi connectivity index (χ1v) is 10.4. The van der Waals surface area contributed by atoms with Crippen LogP contribution >= 0.6 is 23.2 Å². The molecule has 150 valence electrons. The van der Waals surface area contributed by atoms with Crippen LogP contribution in [0.25, 0.3) is 22.2 Å². The minimum Gasteiger partial charge on any atom is -0.332 e. The molecule has 0 N–H and O–H groups in total. The first-order valence-electron chi connectivity index (χ1n) is 9.65. The van der Waals surface area contributed by atoms with Crippen molar-refractivity contribution < 1.29 is 4.79 Å². The van der Waals surface area contributed by atoms with Crippen LogP contribution in [0.4, 0.5) is 0 Å². The molecule has 5 nitrogen and oxygen atoms in total. The van der Waals surface area contributed by atoms with Crippen LogP contribution in [-0.2, 0) is 20.0 Å². The lowest BCUT2D eigenvalue weighted by molar-refractivity contribution is 0.0732. The molecule has 30 heavy (non-hydrogen) atoms. The minimum atomic E-state index is 0.00408. The number of fused-ring (bicyclic) bond motifs is 2. The molecular weight excluding hydrogens is 419 g/mol. The van der Waals surface area contributed by atoms with E-state index in [4.69, 9.17) is 23.2 Å². The molecular formula is C23H18Cl2N4O. The minimum absolute atomic E-state index is 0.00408. The molecule has 0 saturated carbocycles. The molecule has 1 aliphatic rings. The molecule has 0 bridgehead atoms. The zero-order chi connectivity index (χ0) is 20.8. The fourth-order valence-electron chi connectivity index (χ4n) is 4.14. The van der Waals surface area contributed by atoms with Gasteiger partial charge >= 0.3 is 0 Å². The van der Waals surface area contributed by atoms with Gasteiger partial charge in [0.05, 0.1) is 23.4 Å². The van der Waals surface area contributed by atoms with E-state index in [-0.39, 0.29) is 5.91 Å². The smallest absolute Gasteiger partial charge is 0.254 e. The van der Waals surface area contributed by atoms with Gasteiger partial charge in [-0.3, -0.25) is 14.5 Å². The summed E-state index contributed by atoms with van der Waals surface area (Å²) in [6.07, 6.45) is 2.48. The zero-order valence-corrected chi connectivity index (χ0v) is 17.8. The molecule has 5 rings (SSSR count). The highest BCUT2D eigenvalue weighted by Gasteiger charge is 2.27. The van der Waals surface area contributed by atoms with Crippen molar-refractivity contribution in [3.8, 4) is 11.3 Å². The maximum atomic E-state index is 13.1. The Bertz CT molecular complexity index is 1280. The Morgan fingerprint density at radius 2 is 1.87 bits per heavy atom. The number of amides is 1. The van der Waals surface area contributed by atoms with E-state index in [0.29, 0.717) is 28.7 Å². The normalized spacial score (nSPS) is 13.5. The number of rotatable bonds is 2. The molecule has 0 unspecified atom stereocenters. The van der Waals surface area contributed by atoms with Crippen molar-refractivity contribution in [1.29, 1.82) is 0 Å². The van der Waals surface area contributed by atoms with Crippen molar-refractivity contribution in [2.24, 2.45) is 7.05 Å². The quantitative estimate of drug-likeness (QED) is 0.436. The third-order valence-corrected chi connectivity index (χ3v) is 5.91. The van der Waals surface area contributed by atoms with E-state index in [1.54, 1.807) is 12.3 Å². The maximum Gasteiger partial charge on any atom is 0.254 e. The molecule has 4 aromatic rings. The molecule has 0 fully saturated rings. The second-order valence-corrected chi connectivity index (χ2v) is 8.32. The summed E-state index contributed by atoms with van der Waals surface area (Å²) in [5.41, 5.74) is 5.53. The van der Waals surface area contributed by atoms with Gasteiger partial charge in [-0.25, -0.2) is 0 Å². The second-order valence-electron chi connectivity index (χ2n) is 7.44. The molecule has 2 aromatic carbocycles. The monoisotopic (exact) mass is 436 g/mol. The predicted molar refractivity (Wildman–Crippen MR) is 119 cm³/mol. The number of aryl methyl sites for hydroxylation is 1. The van der Waals surface area contributed by atoms with Gasteiger partial charge in [-0.2, -0.15) is 5.10 Å². The lowest BCUT2D eigenvalue weighted by Crippen LogP contribution is -2.36. The number of pyridine rings is 1. The van der Waals surface area contributed by atoms with Gasteiger partial charge in [0.25, 0.3) is 5.91 Å². The number of hydrogen-bond acceptors (Lipinski definition) is 3. The Hall–Kier alpha value is -2.89. The highest BCUT2D eigenvalue weighted by Crippen LogP contribution is 2.33. The molecule has 2 aromatic heterocycles. The van der Waals surface area contributed by atoms with Crippen LogP contribution in [-0.4, -0.2) is 32.1 Å². The average molecular weight is 437 g/mol. The maximum absolute atomic E-state index is 13.1. The second kappa shape index (κ2) is 7.42. The van der Waals surface area contributed by atoms with Crippen molar-refractivity contribution in [1.82, 2.24) is 19.7 Å². The summed E-state index contributed by atoms with van der Waals surface area (Å²) in [4.78, 5) is 19.3. The van der Waals surface area contributed by atoms with Crippen molar-refractivity contribution in [3.63, 3.8) is 0 Å². The Morgan fingerprint density at radius 1 is 1.07 bits per heavy atom. The average Bonchev–Trinajstić information content (AvgIpc) is 3.07. The van der Waals surface area contributed by atoms with Crippen molar-refractivity contribution >= 4 is 40.0 Å². The standard InChI is InChI=1S/C23H18Cl2N4O/c1-28-22(16-10-17(24)12-18(25)11-16)19-6-8-29(13-21(19)27-28)23(30)15-4-5-20-14(9-15)3-2-7-26-20/h2-5,7,9-12H,6,8,13H2,1H3. The highest BCUT2D eigenvalue weighted by atomic mass is 35.5. The number of carbonyl (C=O) groups excluding carboxylic acids is 1. The number of carbonyl (C=O) groups is 1. The summed E-state index contributed by atoms with van der Waals surface area (Å²) < 4.78 is 1.85. The van der Waals surface area contributed by atoms with Crippen LogP contribution in [0.5, 0.6) is 0 Å². The van der Waals surface area contributed by atoms with E-state index in [2.05, 4.69) is 10.1 Å². The SMILES string of the molecule is Cn1nc2c(c1-c1cc(Cl)cc(Cl)c1)CCN(C(=O)c1ccc3ncccc3c1)C2. The van der Waals surface area contributed by atoms with E-state index in [9.17, 15) is 4.79 Å². The van der Waals surface area contributed by atoms with Gasteiger partial charge in [-0.05, 0) is 48.9 Å². The molecule has 0 radical (unpaired) electrons. The van der Waals surface area contributed by atoms with Gasteiger partial charge in [0.2, 0.25) is 0 Å². The molecule has 1 amide bonds. The topological polar surface area (TPSA) is 51.0 Å². The third kappa shape index (κ3) is 3.34. The summed E-state index contributed by atoms with van der Waals surface area (Å²) in [7, 11) is 1.91. The Balaban J connectivity index is 1.46. The first-order chi connectivity index (χ1) is 14.5. The van der Waals surface area contributed by atoms with Gasteiger partial charge in [-0.1, -0.05) is 29.3 Å². The fourth-order valence-corrected chi connectivity index (χ4v) is 4.66. The molecule has 1 aliphatic heterocycles. The van der Waals surface area contributed by atoms with Gasteiger partial charge < -0.3 is 4.90 Å². The molecule has 0 spiro atoms. The Morgan fingerprint density at radius 3 is 2.67 bits per heavy atom. The fraction of sp³-hybridized carbons (Fsp3) is 0.174. The molecule has 3 heterocycles. The first kappa shape index (κ1) is 19.1. The zero-order valence-electron chi connectivity index (χ0n) is 16.3. The van der Waals surface area contributed by atoms with Gasteiger partial charge in [0, 0.05) is 51.9 Å². The Kier molecular flexibility index (Phi) is 4.72. The van der Waals surface area contributed by atoms with Gasteiger partial charge in [-0.15, -0.1) is 0 Å². The molecule has 0 atom stereocenters. The summed E-state index contributed by atoms with van der Waals surface area (Å²) in [5, 5.41) is 6.82. The number of aromatic nitrogens is 3. The van der Waals surface area contributed by atoms with Crippen LogP contribution in [0.2, 0.25) is 10.0 Å². The highest BCUT2D eigenvalue weighted by molar-refractivity contribution is 6.35. The van der Waals surface area contributed by atoms with Crippen LogP contribution in [0, 0.1) is 0 Å². The van der Waals surface area contributed by atoms with E-state index >= 15 is 0 Å². The van der Waals surface area contributed by atoms with Crippen molar-refractivity contribution in [2.75, 3.05) is 6.54 Å². The molecule has 0 aliphatic carbocycles. The Labute approximate surface area is 183 Å². The van der Waals surface area contributed by atoms with Crippen molar-refractivity contribution in [3.05, 3.63) is 81.6 Å². The van der Waals surface area contributed by atoms with Gasteiger partial charge in [0.15, 0.2) is 0 Å². The lowest BCUT2D eigenvalue weighted by Gasteiger charge is -2.27. The van der Waals surface area contributed by atoms with Crippen LogP contribution in [0.15, 0.2) is 54.7 Å². The van der Waals surface area contributed by atoms with E-state index < -0.39 is 0 Å². The molecule has 0 saturated heterocycles. The largest absolute Gasteiger partial charge is 0.332 e. The summed E-state index contributed by atoms with van der Waals surface area (Å²) in [5.74, 6) is 0.00408. The van der Waals surface area contributed by atoms with Crippen LogP contribution < -0.4 is 0 Å². The summed E-state index contributed by atoms with van der Waals surface area (Å²) >= 11 is 12.4. The lowest BCUT2D eigenvalue weighted by atomic mass is 9.99. The number of benzene rings is 2. The number of nitrogens with zero attached hydrogens (tertiary/aromatic N) is 4. The van der Waals surface area contributed by atoms with Crippen molar-refractivity contribution in [2.45, 2.75) is 13.0 Å².